The fourth-order valence-electron chi connectivity index (χ4n) is 3.68. The number of hydrogen-bond acceptors (Lipinski definition) is 4. The molecule has 1 atom stereocenters. The van der Waals surface area contributed by atoms with Gasteiger partial charge in [-0.05, 0) is 30.7 Å². The second-order valence-electron chi connectivity index (χ2n) is 6.29. The molecule has 0 aromatic heterocycles. The van der Waals surface area contributed by atoms with Crippen LogP contribution in [0.2, 0.25) is 0 Å². The van der Waals surface area contributed by atoms with Crippen LogP contribution in [-0.4, -0.2) is 23.8 Å². The molecule has 0 radical (unpaired) electrons. The molecule has 0 fully saturated rings. The van der Waals surface area contributed by atoms with Gasteiger partial charge in [-0.25, -0.2) is 0 Å². The Labute approximate surface area is 134 Å². The summed E-state index contributed by atoms with van der Waals surface area (Å²) in [5, 5.41) is 13.0. The van der Waals surface area contributed by atoms with Crippen LogP contribution >= 0.6 is 0 Å². The summed E-state index contributed by atoms with van der Waals surface area (Å²) in [5.41, 5.74) is 3.15. The van der Waals surface area contributed by atoms with E-state index in [1.807, 2.05) is 31.2 Å². The van der Waals surface area contributed by atoms with Gasteiger partial charge in [0.2, 0.25) is 0 Å². The molecule has 2 aromatic carbocycles. The van der Waals surface area contributed by atoms with Gasteiger partial charge in [0, 0.05) is 24.6 Å². The monoisotopic (exact) mass is 310 g/mol. The van der Waals surface area contributed by atoms with Gasteiger partial charge in [0.1, 0.15) is 17.2 Å². The number of phenols is 1. The Morgan fingerprint density at radius 2 is 2.09 bits per heavy atom. The molecule has 0 saturated heterocycles. The van der Waals surface area contributed by atoms with E-state index < -0.39 is 5.66 Å². The summed E-state index contributed by atoms with van der Waals surface area (Å²) >= 11 is 0. The van der Waals surface area contributed by atoms with Crippen LogP contribution in [-0.2, 0) is 13.0 Å². The highest BCUT2D eigenvalue weighted by Crippen LogP contribution is 2.42. The molecule has 2 N–H and O–H groups in total. The summed E-state index contributed by atoms with van der Waals surface area (Å²) in [6.07, 6.45) is 0.604. The van der Waals surface area contributed by atoms with Crippen molar-refractivity contribution in [3.8, 4) is 11.5 Å². The zero-order valence-electron chi connectivity index (χ0n) is 13.1. The van der Waals surface area contributed by atoms with E-state index in [-0.39, 0.29) is 11.7 Å². The van der Waals surface area contributed by atoms with Gasteiger partial charge >= 0.3 is 0 Å². The first-order chi connectivity index (χ1) is 11.0. The third-order valence-electron chi connectivity index (χ3n) is 4.77. The number of anilines is 1. The fraction of sp³-hybridized carbons (Fsp3) is 0.278. The Bertz CT molecular complexity index is 818. The van der Waals surface area contributed by atoms with Crippen molar-refractivity contribution in [1.82, 2.24) is 5.32 Å². The van der Waals surface area contributed by atoms with Crippen molar-refractivity contribution < 1.29 is 14.6 Å². The van der Waals surface area contributed by atoms with Gasteiger partial charge in [0.15, 0.2) is 0 Å². The normalized spacial score (nSPS) is 21.8. The van der Waals surface area contributed by atoms with E-state index in [1.165, 1.54) is 0 Å². The summed E-state index contributed by atoms with van der Waals surface area (Å²) in [6.45, 7) is 2.63. The fourth-order valence-corrected chi connectivity index (χ4v) is 3.68. The van der Waals surface area contributed by atoms with E-state index in [0.29, 0.717) is 24.3 Å². The lowest BCUT2D eigenvalue weighted by Gasteiger charge is -2.50. The molecule has 0 unspecified atom stereocenters. The second kappa shape index (κ2) is 4.65. The summed E-state index contributed by atoms with van der Waals surface area (Å²) in [4.78, 5) is 14.6. The molecular weight excluding hydrogens is 292 g/mol. The Kier molecular flexibility index (Phi) is 2.82. The molecule has 2 aromatic rings. The Morgan fingerprint density at radius 1 is 1.30 bits per heavy atom. The maximum absolute atomic E-state index is 12.4. The average Bonchev–Trinajstić information content (AvgIpc) is 2.52. The Morgan fingerprint density at radius 3 is 2.87 bits per heavy atom. The quantitative estimate of drug-likeness (QED) is 0.849. The smallest absolute Gasteiger partial charge is 0.255 e. The van der Waals surface area contributed by atoms with Gasteiger partial charge in [-0.2, -0.15) is 0 Å². The Balaban J connectivity index is 1.89. The highest BCUT2D eigenvalue weighted by molar-refractivity contribution is 6.02. The van der Waals surface area contributed by atoms with Crippen molar-refractivity contribution in [1.29, 1.82) is 0 Å². The van der Waals surface area contributed by atoms with Gasteiger partial charge in [0.25, 0.3) is 5.91 Å². The van der Waals surface area contributed by atoms with Crippen LogP contribution in [0.5, 0.6) is 11.5 Å². The van der Waals surface area contributed by atoms with E-state index in [2.05, 4.69) is 10.2 Å². The molecule has 1 amide bonds. The topological polar surface area (TPSA) is 61.8 Å². The second-order valence-corrected chi connectivity index (χ2v) is 6.29. The first-order valence-corrected chi connectivity index (χ1v) is 7.60. The van der Waals surface area contributed by atoms with Crippen molar-refractivity contribution in [2.45, 2.75) is 25.6 Å². The van der Waals surface area contributed by atoms with E-state index in [4.69, 9.17) is 4.74 Å². The minimum Gasteiger partial charge on any atom is -0.508 e. The number of amides is 1. The number of para-hydroxylation sites is 1. The third kappa shape index (κ3) is 1.96. The third-order valence-corrected chi connectivity index (χ3v) is 4.77. The molecule has 118 valence electrons. The van der Waals surface area contributed by atoms with Crippen molar-refractivity contribution >= 4 is 11.6 Å². The minimum atomic E-state index is -0.517. The van der Waals surface area contributed by atoms with E-state index in [0.717, 1.165) is 16.8 Å². The standard InChI is InChI=1S/C18H18N2O3/c1-18-9-11-7-12(21)8-16(23-2)14(11)10-20(18)15-6-4-3-5-13(15)17(22)19-18/h3-8,21H,9-10H2,1-2H3,(H,19,22)/t18-/m1/s1. The number of benzene rings is 2. The van der Waals surface area contributed by atoms with Crippen molar-refractivity contribution in [2.24, 2.45) is 0 Å². The number of rotatable bonds is 1. The van der Waals surface area contributed by atoms with Crippen LogP contribution < -0.4 is 15.0 Å². The number of nitrogens with one attached hydrogen (secondary N) is 1. The molecule has 4 rings (SSSR count). The van der Waals surface area contributed by atoms with Crippen LogP contribution in [0.15, 0.2) is 36.4 Å². The van der Waals surface area contributed by atoms with Gasteiger partial charge < -0.3 is 20.1 Å². The van der Waals surface area contributed by atoms with Crippen LogP contribution in [0.1, 0.15) is 28.4 Å². The zero-order valence-corrected chi connectivity index (χ0v) is 13.1. The van der Waals surface area contributed by atoms with Gasteiger partial charge in [-0.3, -0.25) is 4.79 Å². The van der Waals surface area contributed by atoms with Gasteiger partial charge in [0.05, 0.1) is 18.4 Å². The lowest BCUT2D eigenvalue weighted by atomic mass is 9.86. The van der Waals surface area contributed by atoms with Crippen LogP contribution in [0.4, 0.5) is 5.69 Å². The summed E-state index contributed by atoms with van der Waals surface area (Å²) < 4.78 is 5.44. The van der Waals surface area contributed by atoms with Crippen LogP contribution in [0.3, 0.4) is 0 Å². The molecule has 0 aliphatic carbocycles. The number of methoxy groups -OCH3 is 1. The number of carbonyl (C=O) groups is 1. The number of carbonyl (C=O) groups excluding carboxylic acids is 1. The molecule has 0 saturated carbocycles. The summed E-state index contributed by atoms with van der Waals surface area (Å²) in [7, 11) is 1.61. The van der Waals surface area contributed by atoms with E-state index >= 15 is 0 Å². The predicted molar refractivity (Wildman–Crippen MR) is 86.9 cm³/mol. The molecule has 23 heavy (non-hydrogen) atoms. The van der Waals surface area contributed by atoms with Crippen molar-refractivity contribution in [3.63, 3.8) is 0 Å². The number of aromatic hydroxyl groups is 1. The lowest BCUT2D eigenvalue weighted by molar-refractivity contribution is 0.0883. The molecule has 0 bridgehead atoms. The molecule has 2 heterocycles. The van der Waals surface area contributed by atoms with Crippen LogP contribution in [0.25, 0.3) is 0 Å². The number of hydrogen-bond donors (Lipinski definition) is 2. The van der Waals surface area contributed by atoms with Crippen molar-refractivity contribution in [2.75, 3.05) is 12.0 Å². The molecular formula is C18H18N2O3. The van der Waals surface area contributed by atoms with Gasteiger partial charge in [-0.15, -0.1) is 0 Å². The largest absolute Gasteiger partial charge is 0.508 e. The first-order valence-electron chi connectivity index (χ1n) is 7.60. The molecule has 2 aliphatic heterocycles. The number of nitrogens with zero attached hydrogens (tertiary/aromatic N) is 1. The number of phenolic OH excluding ortho intramolecular Hbond substituents is 1. The maximum Gasteiger partial charge on any atom is 0.255 e. The minimum absolute atomic E-state index is 0.0603. The van der Waals surface area contributed by atoms with Crippen molar-refractivity contribution in [3.05, 3.63) is 53.1 Å². The van der Waals surface area contributed by atoms with Gasteiger partial charge in [-0.1, -0.05) is 12.1 Å². The maximum atomic E-state index is 12.4. The highest BCUT2D eigenvalue weighted by Gasteiger charge is 2.44. The number of ether oxygens (including phenoxy) is 1. The highest BCUT2D eigenvalue weighted by atomic mass is 16.5. The molecule has 2 aliphatic rings. The summed E-state index contributed by atoms with van der Waals surface area (Å²) in [6, 6.07) is 11.0. The predicted octanol–water partition coefficient (Wildman–Crippen LogP) is 2.42. The molecule has 5 nitrogen and oxygen atoms in total. The van der Waals surface area contributed by atoms with E-state index in [1.54, 1.807) is 19.2 Å². The summed E-state index contributed by atoms with van der Waals surface area (Å²) in [5.74, 6) is 0.798. The Hall–Kier alpha value is -2.69. The van der Waals surface area contributed by atoms with E-state index in [9.17, 15) is 9.90 Å². The lowest BCUT2D eigenvalue weighted by Crippen LogP contribution is -2.65. The average molecular weight is 310 g/mol. The van der Waals surface area contributed by atoms with Crippen LogP contribution in [0, 0.1) is 0 Å². The number of fused-ring (bicyclic) bond motifs is 4. The molecule has 0 spiro atoms. The first kappa shape index (κ1) is 13.9. The zero-order chi connectivity index (χ0) is 16.2. The SMILES string of the molecule is COc1cc(O)cc2c1CN1c3ccccc3C(=O)N[C@@]1(C)C2. The molecule has 5 heteroatoms.